The number of carbonyl (C=O) groups is 6. The van der Waals surface area contributed by atoms with Gasteiger partial charge in [0.25, 0.3) is 0 Å². The van der Waals surface area contributed by atoms with E-state index in [1.165, 1.54) is 0 Å². The van der Waals surface area contributed by atoms with Crippen molar-refractivity contribution in [3.8, 4) is 0 Å². The second-order valence-corrected chi connectivity index (χ2v) is 6.41. The van der Waals surface area contributed by atoms with Crippen molar-refractivity contribution in [2.45, 2.75) is 18.5 Å². The normalized spacial score (nSPS) is 10.5. The van der Waals surface area contributed by atoms with Crippen molar-refractivity contribution in [2.24, 2.45) is 0 Å². The fourth-order valence-electron chi connectivity index (χ4n) is 2.07. The molecular weight excluding hydrogens is 484 g/mol. The third-order valence-electron chi connectivity index (χ3n) is 3.55. The second kappa shape index (κ2) is 15.4. The van der Waals surface area contributed by atoms with Crippen LogP contribution in [0.1, 0.15) is 6.92 Å². The molecule has 196 valence electrons. The van der Waals surface area contributed by atoms with Crippen LogP contribution in [0.3, 0.4) is 0 Å². The Kier molecular flexibility index (Phi) is 13.5. The minimum Gasteiger partial charge on any atom is -0.457 e. The van der Waals surface area contributed by atoms with Crippen LogP contribution >= 0.6 is 0 Å². The Balaban J connectivity index is 6.21. The molecule has 0 aromatic carbocycles. The zero-order valence-corrected chi connectivity index (χ0v) is 19.6. The highest BCUT2D eigenvalue weighted by Crippen LogP contribution is 2.22. The minimum absolute atomic E-state index is 0.717. The van der Waals surface area contributed by atoms with E-state index < -0.39 is 73.8 Å². The summed E-state index contributed by atoms with van der Waals surface area (Å²) < 4.78 is 35.3. The fourth-order valence-corrected chi connectivity index (χ4v) is 2.07. The number of ether oxygens (including phenoxy) is 7. The fraction of sp³-hybridized carbons (Fsp3) is 0.304. The Morgan fingerprint density at radius 1 is 0.528 bits per heavy atom. The molecule has 0 heterocycles. The van der Waals surface area contributed by atoms with Crippen molar-refractivity contribution in [3.63, 3.8) is 0 Å². The van der Waals surface area contributed by atoms with E-state index in [-0.39, 0.29) is 0 Å². The average molecular weight is 510 g/mol. The van der Waals surface area contributed by atoms with Crippen molar-refractivity contribution in [3.05, 3.63) is 63.3 Å². The highest BCUT2D eigenvalue weighted by Gasteiger charge is 2.44. The van der Waals surface area contributed by atoms with Gasteiger partial charge >= 0.3 is 47.4 Å². The van der Waals surface area contributed by atoms with Crippen LogP contribution in [-0.4, -0.2) is 73.8 Å². The maximum atomic E-state index is 11.9. The lowest BCUT2D eigenvalue weighted by molar-refractivity contribution is -0.278. The van der Waals surface area contributed by atoms with Gasteiger partial charge in [0.2, 0.25) is 0 Å². The van der Waals surface area contributed by atoms with Gasteiger partial charge in [0.15, 0.2) is 13.2 Å². The van der Waals surface area contributed by atoms with E-state index in [9.17, 15) is 28.8 Å². The maximum absolute atomic E-state index is 11.9. The summed E-state index contributed by atoms with van der Waals surface area (Å²) in [5.41, 5.74) is 0. The molecule has 0 amide bonds. The van der Waals surface area contributed by atoms with Gasteiger partial charge in [0.1, 0.15) is 13.2 Å². The molecule has 0 radical (unpaired) electrons. The number of hydrogen-bond acceptors (Lipinski definition) is 13. The van der Waals surface area contributed by atoms with Crippen LogP contribution in [0.25, 0.3) is 0 Å². The molecular formula is C23H26O13. The van der Waals surface area contributed by atoms with E-state index >= 15 is 0 Å². The molecule has 0 aliphatic heterocycles. The van der Waals surface area contributed by atoms with Crippen LogP contribution in [0.15, 0.2) is 63.3 Å². The number of hydrogen-bond donors (Lipinski definition) is 0. The molecule has 0 spiro atoms. The highest BCUT2D eigenvalue weighted by atomic mass is 16.8. The molecule has 0 atom stereocenters. The smallest absolute Gasteiger partial charge is 0.333 e. The van der Waals surface area contributed by atoms with Gasteiger partial charge in [-0.2, -0.15) is 0 Å². The van der Waals surface area contributed by atoms with Gasteiger partial charge in [-0.05, 0) is 0 Å². The zero-order chi connectivity index (χ0) is 27.8. The van der Waals surface area contributed by atoms with Crippen LogP contribution in [-0.2, 0) is 61.9 Å². The first-order valence-corrected chi connectivity index (χ1v) is 9.82. The van der Waals surface area contributed by atoms with Crippen LogP contribution < -0.4 is 0 Å². The quantitative estimate of drug-likeness (QED) is 0.116. The van der Waals surface area contributed by atoms with Gasteiger partial charge in [0, 0.05) is 37.3 Å². The second-order valence-electron chi connectivity index (χ2n) is 6.41. The molecule has 0 N–H and O–H groups in total. The van der Waals surface area contributed by atoms with Gasteiger partial charge in [-0.15, -0.1) is 0 Å². The summed E-state index contributed by atoms with van der Waals surface area (Å²) in [6.07, 6.45) is 3.66. The molecule has 13 heteroatoms. The number of esters is 6. The molecule has 0 aliphatic rings. The Hall–Kier alpha value is -4.52. The summed E-state index contributed by atoms with van der Waals surface area (Å²) >= 11 is 0. The lowest BCUT2D eigenvalue weighted by atomic mass is 10.2. The first-order chi connectivity index (χ1) is 16.9. The number of carbonyl (C=O) groups excluding carboxylic acids is 6. The van der Waals surface area contributed by atoms with Crippen molar-refractivity contribution >= 4 is 35.8 Å². The SMILES string of the molecule is C=CC(=O)OCC(COCC(COC(C)=O)(OC(=O)C=C)OC(=O)C=C)(OC(=O)C=C)OC(=O)C=C. The monoisotopic (exact) mass is 510 g/mol. The van der Waals surface area contributed by atoms with E-state index in [1.807, 2.05) is 0 Å². The van der Waals surface area contributed by atoms with Crippen molar-refractivity contribution in [1.29, 1.82) is 0 Å². The third-order valence-corrected chi connectivity index (χ3v) is 3.55. The van der Waals surface area contributed by atoms with E-state index in [0.29, 0.717) is 12.2 Å². The first-order valence-electron chi connectivity index (χ1n) is 9.82. The van der Waals surface area contributed by atoms with Crippen LogP contribution in [0.4, 0.5) is 0 Å². The van der Waals surface area contributed by atoms with Gasteiger partial charge in [0.05, 0.1) is 0 Å². The molecule has 0 aliphatic carbocycles. The van der Waals surface area contributed by atoms with Crippen molar-refractivity contribution in [1.82, 2.24) is 0 Å². The zero-order valence-electron chi connectivity index (χ0n) is 19.6. The molecule has 0 aromatic heterocycles. The summed E-state index contributed by atoms with van der Waals surface area (Å²) in [6.45, 7) is 13.6. The number of rotatable bonds is 17. The molecule has 0 saturated heterocycles. The molecule has 0 aromatic rings. The van der Waals surface area contributed by atoms with E-state index in [0.717, 1.165) is 25.2 Å². The molecule has 0 fully saturated rings. The van der Waals surface area contributed by atoms with Crippen LogP contribution in [0, 0.1) is 0 Å². The van der Waals surface area contributed by atoms with Crippen LogP contribution in [0.5, 0.6) is 0 Å². The van der Waals surface area contributed by atoms with Gasteiger partial charge in [-0.25, -0.2) is 24.0 Å². The van der Waals surface area contributed by atoms with E-state index in [4.69, 9.17) is 33.2 Å². The summed E-state index contributed by atoms with van der Waals surface area (Å²) in [5.74, 6) is -11.1. The summed E-state index contributed by atoms with van der Waals surface area (Å²) in [4.78, 5) is 70.6. The predicted molar refractivity (Wildman–Crippen MR) is 119 cm³/mol. The molecule has 13 nitrogen and oxygen atoms in total. The van der Waals surface area contributed by atoms with Crippen molar-refractivity contribution in [2.75, 3.05) is 26.4 Å². The predicted octanol–water partition coefficient (Wildman–Crippen LogP) is 0.605. The summed E-state index contributed by atoms with van der Waals surface area (Å²) in [7, 11) is 0. The summed E-state index contributed by atoms with van der Waals surface area (Å²) in [5, 5.41) is 0. The molecule has 0 unspecified atom stereocenters. The van der Waals surface area contributed by atoms with E-state index in [2.05, 4.69) is 32.9 Å². The molecule has 0 saturated carbocycles. The Morgan fingerprint density at radius 3 is 1.11 bits per heavy atom. The largest absolute Gasteiger partial charge is 0.457 e. The summed E-state index contributed by atoms with van der Waals surface area (Å²) in [6, 6.07) is 0. The Labute approximate surface area is 206 Å². The van der Waals surface area contributed by atoms with Crippen LogP contribution in [0.2, 0.25) is 0 Å². The minimum atomic E-state index is -2.42. The van der Waals surface area contributed by atoms with E-state index in [1.54, 1.807) is 0 Å². The Morgan fingerprint density at radius 2 is 0.833 bits per heavy atom. The average Bonchev–Trinajstić information content (AvgIpc) is 2.85. The molecule has 36 heavy (non-hydrogen) atoms. The third kappa shape index (κ3) is 11.6. The topological polar surface area (TPSA) is 167 Å². The highest BCUT2D eigenvalue weighted by molar-refractivity contribution is 5.84. The standard InChI is InChI=1S/C23H26O13/c1-7-17(25)32-15-23(35-20(28)10-4,36-21(29)11-5)13-30-12-22(14-31-16(6)24,33-18(26)8-2)34-19(27)9-3/h7-11H,1-5,12-15H2,6H3. The van der Waals surface area contributed by atoms with Gasteiger partial charge < -0.3 is 33.2 Å². The lowest BCUT2D eigenvalue weighted by Crippen LogP contribution is -2.52. The van der Waals surface area contributed by atoms with Crippen molar-refractivity contribution < 1.29 is 61.9 Å². The lowest BCUT2D eigenvalue weighted by Gasteiger charge is -2.34. The first kappa shape index (κ1) is 31.5. The molecule has 0 rings (SSSR count). The van der Waals surface area contributed by atoms with Gasteiger partial charge in [-0.1, -0.05) is 32.9 Å². The maximum Gasteiger partial charge on any atom is 0.333 e. The van der Waals surface area contributed by atoms with Gasteiger partial charge in [-0.3, -0.25) is 4.79 Å². The Bertz CT molecular complexity index is 871. The molecule has 0 bridgehead atoms.